The normalized spacial score (nSPS) is 14.8. The van der Waals surface area contributed by atoms with Crippen molar-refractivity contribution in [2.24, 2.45) is 0 Å². The second-order valence-corrected chi connectivity index (χ2v) is 5.38. The Balaban J connectivity index is 0. The van der Waals surface area contributed by atoms with Gasteiger partial charge in [-0.05, 0) is 6.92 Å². The molecule has 1 atom stereocenters. The number of nitrogens with one attached hydrogen (secondary N) is 1. The highest BCUT2D eigenvalue weighted by Crippen LogP contribution is 2.15. The Morgan fingerprint density at radius 2 is 1.60 bits per heavy atom. The molecule has 0 radical (unpaired) electrons. The van der Waals surface area contributed by atoms with E-state index < -0.39 is 36.5 Å². The molecule has 0 aliphatic heterocycles. The van der Waals surface area contributed by atoms with Crippen molar-refractivity contribution in [3.63, 3.8) is 0 Å². The van der Waals surface area contributed by atoms with Gasteiger partial charge in [-0.1, -0.05) is 6.54 Å². The van der Waals surface area contributed by atoms with Crippen LogP contribution in [0.3, 0.4) is 0 Å². The molecule has 0 rings (SSSR count). The Kier molecular flexibility index (Phi) is 7.98. The van der Waals surface area contributed by atoms with Gasteiger partial charge in [0.25, 0.3) is 0 Å². The van der Waals surface area contributed by atoms with Gasteiger partial charge in [0.2, 0.25) is 0 Å². The van der Waals surface area contributed by atoms with Gasteiger partial charge < -0.3 is 25.2 Å². The smallest absolute Gasteiger partial charge is 0.370 e. The van der Waals surface area contributed by atoms with Gasteiger partial charge in [-0.25, -0.2) is 0 Å². The maximum atomic E-state index is 11.1. The molecule has 9 heteroatoms. The zero-order chi connectivity index (χ0) is 16.8. The van der Waals surface area contributed by atoms with E-state index in [-0.39, 0.29) is 6.54 Å². The third kappa shape index (κ3) is 11.9. The zero-order valence-corrected chi connectivity index (χ0v) is 11.9. The molecule has 0 aromatic rings. The molecule has 0 saturated heterocycles. The molecule has 0 amide bonds. The second kappa shape index (κ2) is 7.55. The minimum Gasteiger partial charge on any atom is -0.670 e. The molecule has 0 saturated carbocycles. The van der Waals surface area contributed by atoms with Crippen molar-refractivity contribution in [3.05, 3.63) is 5.73 Å². The van der Waals surface area contributed by atoms with E-state index in [2.05, 4.69) is 0 Å². The van der Waals surface area contributed by atoms with Crippen LogP contribution in [0.15, 0.2) is 0 Å². The lowest BCUT2D eigenvalue weighted by Gasteiger charge is -2.34. The third-order valence-electron chi connectivity index (χ3n) is 2.03. The number of nitrogens with zero attached hydrogens (tertiary/aromatic N) is 1. The molecule has 120 valence electrons. The summed E-state index contributed by atoms with van der Waals surface area (Å²) in [6.07, 6.45) is -4.95. The van der Waals surface area contributed by atoms with Crippen molar-refractivity contribution in [3.8, 4) is 0 Å². The molecule has 0 aromatic heterocycles. The van der Waals surface area contributed by atoms with Crippen molar-refractivity contribution >= 4 is 11.8 Å². The number of rotatable bonds is 5. The van der Waals surface area contributed by atoms with Gasteiger partial charge in [-0.3, -0.25) is 4.79 Å². The number of carbonyl (C=O) groups is 2. The van der Waals surface area contributed by atoms with Crippen LogP contribution in [0.4, 0.5) is 13.2 Å². The first-order valence-electron chi connectivity index (χ1n) is 5.58. The topological polar surface area (TPSA) is 101 Å². The monoisotopic (exact) mass is 301 g/mol. The number of aliphatic carboxylic acids is 1. The van der Waals surface area contributed by atoms with Crippen LogP contribution < -0.4 is 5.11 Å². The van der Waals surface area contributed by atoms with Crippen LogP contribution in [0.5, 0.6) is 0 Å². The SMILES string of the molecule is CC(=O)C(O)(CC(=O)[O-])C[N+](C)(C)C.[NH-]CC(F)(F)F. The second-order valence-electron chi connectivity index (χ2n) is 5.38. The number of likely N-dealkylation sites (N-methyl/N-ethyl adjacent to an activating group) is 1. The minimum absolute atomic E-state index is 0.0519. The van der Waals surface area contributed by atoms with Crippen LogP contribution in [0.25, 0.3) is 5.73 Å². The molecule has 0 aromatic carbocycles. The quantitative estimate of drug-likeness (QED) is 0.708. The van der Waals surface area contributed by atoms with Gasteiger partial charge >= 0.3 is 6.18 Å². The van der Waals surface area contributed by atoms with Crippen LogP contribution in [-0.4, -0.2) is 67.4 Å². The van der Waals surface area contributed by atoms with Gasteiger partial charge in [0.05, 0.1) is 21.1 Å². The van der Waals surface area contributed by atoms with E-state index in [1.807, 2.05) is 0 Å². The summed E-state index contributed by atoms with van der Waals surface area (Å²) >= 11 is 0. The minimum atomic E-state index is -4.29. The largest absolute Gasteiger partial charge is 0.670 e. The molecule has 2 N–H and O–H groups in total. The maximum Gasteiger partial charge on any atom is 0.370 e. The number of carboxylic acids is 1. The number of Topliss-reactive ketones (excluding diaryl/α,β-unsaturated/α-hetero) is 1. The van der Waals surface area contributed by atoms with Crippen molar-refractivity contribution in [1.29, 1.82) is 0 Å². The summed E-state index contributed by atoms with van der Waals surface area (Å²) in [7, 11) is 5.30. The van der Waals surface area contributed by atoms with Crippen LogP contribution >= 0.6 is 0 Å². The lowest BCUT2D eigenvalue weighted by Crippen LogP contribution is -2.55. The molecule has 0 spiro atoms. The van der Waals surface area contributed by atoms with Gasteiger partial charge in [0.1, 0.15) is 6.54 Å². The summed E-state index contributed by atoms with van der Waals surface area (Å²) in [5.74, 6) is -1.97. The Bertz CT molecular complexity index is 340. The van der Waals surface area contributed by atoms with Gasteiger partial charge in [-0.2, -0.15) is 13.2 Å². The fourth-order valence-electron chi connectivity index (χ4n) is 1.32. The molecule has 0 aliphatic carbocycles. The molecule has 1 unspecified atom stereocenters. The van der Waals surface area contributed by atoms with Crippen LogP contribution in [-0.2, 0) is 9.59 Å². The number of carbonyl (C=O) groups excluding carboxylic acids is 2. The highest BCUT2D eigenvalue weighted by Gasteiger charge is 2.38. The zero-order valence-electron chi connectivity index (χ0n) is 11.9. The lowest BCUT2D eigenvalue weighted by atomic mass is 9.94. The van der Waals surface area contributed by atoms with Crippen LogP contribution in [0, 0.1) is 0 Å². The van der Waals surface area contributed by atoms with Crippen molar-refractivity contribution < 1.29 is 37.5 Å². The number of halogens is 3. The van der Waals surface area contributed by atoms with E-state index >= 15 is 0 Å². The molecule has 0 aliphatic rings. The number of hydrogen-bond donors (Lipinski definition) is 1. The first-order chi connectivity index (χ1) is 8.63. The molecular formula is C11H20F3N2O4-. The standard InChI is InChI=1S/C9H17NO4.C2H3F3N/c1-7(11)9(14,5-8(12)13)6-10(2,3)4;3-2(4,5)1-6/h14H,5-6H2,1-4H3;6H,1H2/q;-1. The predicted molar refractivity (Wildman–Crippen MR) is 63.4 cm³/mol. The Morgan fingerprint density at radius 1 is 1.25 bits per heavy atom. The molecular weight excluding hydrogens is 281 g/mol. The Morgan fingerprint density at radius 3 is 1.75 bits per heavy atom. The summed E-state index contributed by atoms with van der Waals surface area (Å²) in [4.78, 5) is 21.5. The number of quaternary nitrogens is 1. The first-order valence-corrected chi connectivity index (χ1v) is 5.58. The van der Waals surface area contributed by atoms with Crippen molar-refractivity contribution in [2.75, 3.05) is 34.2 Å². The average molecular weight is 301 g/mol. The molecule has 0 fully saturated rings. The van der Waals surface area contributed by atoms with E-state index in [4.69, 9.17) is 5.73 Å². The molecule has 20 heavy (non-hydrogen) atoms. The van der Waals surface area contributed by atoms with Crippen LogP contribution in [0.1, 0.15) is 13.3 Å². The fraction of sp³-hybridized carbons (Fsp3) is 0.818. The Labute approximate surface area is 115 Å². The van der Waals surface area contributed by atoms with Gasteiger partial charge in [0.15, 0.2) is 11.4 Å². The highest BCUT2D eigenvalue weighted by atomic mass is 19.4. The Hall–Kier alpha value is -1.19. The lowest BCUT2D eigenvalue weighted by molar-refractivity contribution is -0.875. The summed E-state index contributed by atoms with van der Waals surface area (Å²) in [6.45, 7) is -0.248. The predicted octanol–water partition coefficient (Wildman–Crippen LogP) is -0.246. The number of ketones is 1. The fourth-order valence-corrected chi connectivity index (χ4v) is 1.32. The highest BCUT2D eigenvalue weighted by molar-refractivity contribution is 5.88. The van der Waals surface area contributed by atoms with Crippen molar-refractivity contribution in [2.45, 2.75) is 25.1 Å². The van der Waals surface area contributed by atoms with E-state index in [9.17, 15) is 33.0 Å². The van der Waals surface area contributed by atoms with Crippen molar-refractivity contribution in [1.82, 2.24) is 0 Å². The van der Waals surface area contributed by atoms with E-state index in [0.29, 0.717) is 4.48 Å². The summed E-state index contributed by atoms with van der Waals surface area (Å²) in [6, 6.07) is 0. The van der Waals surface area contributed by atoms with E-state index in [0.717, 1.165) is 0 Å². The van der Waals surface area contributed by atoms with E-state index in [1.165, 1.54) is 6.92 Å². The number of aliphatic hydroxyl groups is 1. The van der Waals surface area contributed by atoms with Crippen LogP contribution in [0.2, 0.25) is 0 Å². The maximum absolute atomic E-state index is 11.1. The van der Waals surface area contributed by atoms with E-state index in [1.54, 1.807) is 21.1 Å². The summed E-state index contributed by atoms with van der Waals surface area (Å²) in [5, 5.41) is 20.2. The molecule has 0 bridgehead atoms. The van der Waals surface area contributed by atoms with Gasteiger partial charge in [0, 0.05) is 12.4 Å². The molecule has 6 nitrogen and oxygen atoms in total. The molecule has 0 heterocycles. The summed E-state index contributed by atoms with van der Waals surface area (Å²) in [5.41, 5.74) is 3.91. The van der Waals surface area contributed by atoms with Gasteiger partial charge in [-0.15, -0.1) is 0 Å². The average Bonchev–Trinajstić information content (AvgIpc) is 2.12. The third-order valence-corrected chi connectivity index (χ3v) is 2.03. The number of carboxylic acid groups (broad SMARTS) is 1. The first kappa shape index (κ1) is 21.1. The number of hydrogen-bond acceptors (Lipinski definition) is 4. The number of alkyl halides is 3. The summed E-state index contributed by atoms with van der Waals surface area (Å²) < 4.78 is 32.1.